The molecule has 1 unspecified atom stereocenters. The minimum atomic E-state index is 0.0116. The number of hydrogen-bond donors (Lipinski definition) is 1. The minimum Gasteiger partial charge on any atom is -0.496 e. The van der Waals surface area contributed by atoms with Gasteiger partial charge in [0.1, 0.15) is 5.75 Å². The van der Waals surface area contributed by atoms with Gasteiger partial charge < -0.3 is 19.7 Å². The molecule has 0 spiro atoms. The van der Waals surface area contributed by atoms with Crippen molar-refractivity contribution in [2.45, 2.75) is 26.3 Å². The van der Waals surface area contributed by atoms with Gasteiger partial charge in [-0.1, -0.05) is 32.0 Å². The Morgan fingerprint density at radius 1 is 1.39 bits per heavy atom. The van der Waals surface area contributed by atoms with Crippen molar-refractivity contribution in [3.05, 3.63) is 29.8 Å². The first kappa shape index (κ1) is 17.8. The van der Waals surface area contributed by atoms with E-state index in [1.165, 1.54) is 0 Å². The highest BCUT2D eigenvalue weighted by molar-refractivity contribution is 5.77. The lowest BCUT2D eigenvalue weighted by Crippen LogP contribution is -2.49. The van der Waals surface area contributed by atoms with Gasteiger partial charge in [0.25, 0.3) is 0 Å². The number of methoxy groups -OCH3 is 1. The molecule has 2 rings (SSSR count). The van der Waals surface area contributed by atoms with E-state index in [0.29, 0.717) is 32.1 Å². The number of rotatable bonds is 7. The Morgan fingerprint density at radius 2 is 2.17 bits per heavy atom. The maximum Gasteiger partial charge on any atom is 0.225 e. The molecule has 0 bridgehead atoms. The predicted molar refractivity (Wildman–Crippen MR) is 90.6 cm³/mol. The van der Waals surface area contributed by atoms with Gasteiger partial charge in [-0.2, -0.15) is 0 Å². The fourth-order valence-corrected chi connectivity index (χ4v) is 2.84. The predicted octanol–water partition coefficient (Wildman–Crippen LogP) is 2.23. The zero-order valence-corrected chi connectivity index (χ0v) is 14.4. The maximum absolute atomic E-state index is 12.6. The van der Waals surface area contributed by atoms with Crippen LogP contribution >= 0.6 is 0 Å². The molecule has 5 heteroatoms. The van der Waals surface area contributed by atoms with E-state index in [0.717, 1.165) is 24.4 Å². The van der Waals surface area contributed by atoms with Gasteiger partial charge in [0.15, 0.2) is 0 Å². The van der Waals surface area contributed by atoms with E-state index in [-0.39, 0.29) is 11.9 Å². The van der Waals surface area contributed by atoms with Crippen molar-refractivity contribution in [2.24, 2.45) is 5.92 Å². The normalized spacial score (nSPS) is 18.3. The molecular weight excluding hydrogens is 292 g/mol. The van der Waals surface area contributed by atoms with Gasteiger partial charge in [-0.15, -0.1) is 0 Å². The van der Waals surface area contributed by atoms with Gasteiger partial charge in [-0.05, 0) is 12.0 Å². The second kappa shape index (κ2) is 8.89. The molecule has 1 N–H and O–H groups in total. The van der Waals surface area contributed by atoms with Crippen LogP contribution in [-0.4, -0.2) is 50.8 Å². The van der Waals surface area contributed by atoms with Crippen molar-refractivity contribution in [1.29, 1.82) is 0 Å². The Hall–Kier alpha value is -1.59. The molecule has 1 aromatic carbocycles. The highest BCUT2D eigenvalue weighted by Crippen LogP contribution is 2.30. The number of benzene rings is 1. The topological polar surface area (TPSA) is 50.8 Å². The standard InChI is InChI=1S/C18H28N2O3/c1-14(2)13-23-11-8-18(21)20-10-9-19-12-16(20)15-6-4-5-7-17(15)22-3/h4-7,14,16,19H,8-13H2,1-3H3. The summed E-state index contributed by atoms with van der Waals surface area (Å²) in [5.41, 5.74) is 1.05. The van der Waals surface area contributed by atoms with Crippen LogP contribution in [-0.2, 0) is 9.53 Å². The molecule has 1 aliphatic heterocycles. The van der Waals surface area contributed by atoms with Gasteiger partial charge in [0.2, 0.25) is 5.91 Å². The van der Waals surface area contributed by atoms with Crippen LogP contribution in [0.2, 0.25) is 0 Å². The summed E-state index contributed by atoms with van der Waals surface area (Å²) < 4.78 is 11.0. The van der Waals surface area contributed by atoms with Crippen LogP contribution in [0, 0.1) is 5.92 Å². The summed E-state index contributed by atoms with van der Waals surface area (Å²) in [6, 6.07) is 7.92. The number of nitrogens with zero attached hydrogens (tertiary/aromatic N) is 1. The van der Waals surface area contributed by atoms with Gasteiger partial charge in [-0.25, -0.2) is 0 Å². The van der Waals surface area contributed by atoms with E-state index >= 15 is 0 Å². The summed E-state index contributed by atoms with van der Waals surface area (Å²) in [7, 11) is 1.67. The van der Waals surface area contributed by atoms with Crippen molar-refractivity contribution in [3.63, 3.8) is 0 Å². The van der Waals surface area contributed by atoms with Crippen LogP contribution in [0.3, 0.4) is 0 Å². The molecule has 1 heterocycles. The Labute approximate surface area is 139 Å². The summed E-state index contributed by atoms with van der Waals surface area (Å²) in [6.07, 6.45) is 0.429. The van der Waals surface area contributed by atoms with E-state index < -0.39 is 0 Å². The molecule has 1 aromatic rings. The highest BCUT2D eigenvalue weighted by atomic mass is 16.5. The first-order valence-electron chi connectivity index (χ1n) is 8.34. The molecule has 23 heavy (non-hydrogen) atoms. The van der Waals surface area contributed by atoms with Gasteiger partial charge in [-0.3, -0.25) is 4.79 Å². The number of hydrogen-bond acceptors (Lipinski definition) is 4. The first-order valence-corrected chi connectivity index (χ1v) is 8.34. The SMILES string of the molecule is COc1ccccc1C1CNCCN1C(=O)CCOCC(C)C. The summed E-state index contributed by atoms with van der Waals surface area (Å²) in [4.78, 5) is 14.6. The zero-order chi connectivity index (χ0) is 16.7. The van der Waals surface area contributed by atoms with Crippen LogP contribution in [0.4, 0.5) is 0 Å². The van der Waals surface area contributed by atoms with Crippen molar-refractivity contribution >= 4 is 5.91 Å². The Kier molecular flexibility index (Phi) is 6.86. The van der Waals surface area contributed by atoms with Crippen LogP contribution in [0.15, 0.2) is 24.3 Å². The highest BCUT2D eigenvalue weighted by Gasteiger charge is 2.29. The number of carbonyl (C=O) groups is 1. The molecule has 128 valence electrons. The smallest absolute Gasteiger partial charge is 0.225 e. The molecule has 1 fully saturated rings. The average Bonchev–Trinajstić information content (AvgIpc) is 2.58. The summed E-state index contributed by atoms with van der Waals surface area (Å²) in [5.74, 6) is 1.46. The quantitative estimate of drug-likeness (QED) is 0.783. The molecule has 0 radical (unpaired) electrons. The zero-order valence-electron chi connectivity index (χ0n) is 14.4. The Morgan fingerprint density at radius 3 is 2.91 bits per heavy atom. The molecule has 0 aromatic heterocycles. The minimum absolute atomic E-state index is 0.0116. The molecule has 1 atom stereocenters. The maximum atomic E-state index is 12.6. The number of ether oxygens (including phenoxy) is 2. The molecule has 0 aliphatic carbocycles. The van der Waals surface area contributed by atoms with Crippen molar-refractivity contribution in [1.82, 2.24) is 10.2 Å². The van der Waals surface area contributed by atoms with Crippen LogP contribution in [0.5, 0.6) is 5.75 Å². The van der Waals surface area contributed by atoms with Crippen LogP contribution in [0.1, 0.15) is 31.9 Å². The lowest BCUT2D eigenvalue weighted by molar-refractivity contribution is -0.135. The fraction of sp³-hybridized carbons (Fsp3) is 0.611. The number of para-hydroxylation sites is 1. The van der Waals surface area contributed by atoms with Gasteiger partial charge >= 0.3 is 0 Å². The summed E-state index contributed by atoms with van der Waals surface area (Å²) in [6.45, 7) is 7.69. The molecule has 1 amide bonds. The Balaban J connectivity index is 2.01. The molecule has 1 saturated heterocycles. The number of piperazine rings is 1. The third-order valence-corrected chi connectivity index (χ3v) is 3.97. The van der Waals surface area contributed by atoms with Crippen LogP contribution < -0.4 is 10.1 Å². The second-order valence-electron chi connectivity index (χ2n) is 6.27. The Bertz CT molecular complexity index is 505. The van der Waals surface area contributed by atoms with E-state index in [1.807, 2.05) is 29.2 Å². The molecule has 0 saturated carbocycles. The third kappa shape index (κ3) is 4.94. The average molecular weight is 320 g/mol. The summed E-state index contributed by atoms with van der Waals surface area (Å²) >= 11 is 0. The summed E-state index contributed by atoms with van der Waals surface area (Å²) in [5, 5.41) is 3.37. The third-order valence-electron chi connectivity index (χ3n) is 3.97. The first-order chi connectivity index (χ1) is 11.1. The van der Waals surface area contributed by atoms with Crippen molar-refractivity contribution < 1.29 is 14.3 Å². The van der Waals surface area contributed by atoms with Gasteiger partial charge in [0, 0.05) is 31.8 Å². The molecule has 1 aliphatic rings. The van der Waals surface area contributed by atoms with Crippen LogP contribution in [0.25, 0.3) is 0 Å². The number of amides is 1. The molecular formula is C18H28N2O3. The molecule has 5 nitrogen and oxygen atoms in total. The van der Waals surface area contributed by atoms with E-state index in [9.17, 15) is 4.79 Å². The largest absolute Gasteiger partial charge is 0.496 e. The van der Waals surface area contributed by atoms with E-state index in [4.69, 9.17) is 9.47 Å². The van der Waals surface area contributed by atoms with Crippen molar-refractivity contribution in [3.8, 4) is 5.75 Å². The number of carbonyl (C=O) groups excluding carboxylic acids is 1. The number of nitrogens with one attached hydrogen (secondary N) is 1. The lowest BCUT2D eigenvalue weighted by atomic mass is 10.0. The fourth-order valence-electron chi connectivity index (χ4n) is 2.84. The second-order valence-corrected chi connectivity index (χ2v) is 6.27. The van der Waals surface area contributed by atoms with E-state index in [2.05, 4.69) is 19.2 Å². The van der Waals surface area contributed by atoms with Gasteiger partial charge in [0.05, 0.1) is 26.2 Å². The lowest BCUT2D eigenvalue weighted by Gasteiger charge is -2.37. The van der Waals surface area contributed by atoms with E-state index in [1.54, 1.807) is 7.11 Å². The monoisotopic (exact) mass is 320 g/mol. The van der Waals surface area contributed by atoms with Crippen molar-refractivity contribution in [2.75, 3.05) is 40.0 Å².